The summed E-state index contributed by atoms with van der Waals surface area (Å²) in [4.78, 5) is 26.2. The average Bonchev–Trinajstić information content (AvgIpc) is 3.10. The normalized spacial score (nSPS) is 16.1. The van der Waals surface area contributed by atoms with Gasteiger partial charge in [0.15, 0.2) is 5.82 Å². The molecule has 1 atom stereocenters. The Labute approximate surface area is 110 Å². The highest BCUT2D eigenvalue weighted by molar-refractivity contribution is 5.83. The summed E-state index contributed by atoms with van der Waals surface area (Å²) in [6.45, 7) is 1.43. The summed E-state index contributed by atoms with van der Waals surface area (Å²) >= 11 is 0. The Morgan fingerprint density at radius 1 is 1.53 bits per heavy atom. The molecule has 2 rings (SSSR count). The first-order chi connectivity index (χ1) is 9.06. The van der Waals surface area contributed by atoms with Gasteiger partial charge in [-0.05, 0) is 26.2 Å². The van der Waals surface area contributed by atoms with Crippen LogP contribution in [-0.4, -0.2) is 33.2 Å². The fourth-order valence-electron chi connectivity index (χ4n) is 1.65. The summed E-state index contributed by atoms with van der Waals surface area (Å²) in [6.07, 6.45) is 3.58. The van der Waals surface area contributed by atoms with Crippen molar-refractivity contribution in [1.82, 2.24) is 15.5 Å². The molecule has 1 aliphatic carbocycles. The molecule has 104 valence electrons. The van der Waals surface area contributed by atoms with E-state index in [1.807, 2.05) is 0 Å². The van der Waals surface area contributed by atoms with Crippen LogP contribution in [0.2, 0.25) is 0 Å². The minimum atomic E-state index is -1.04. The lowest BCUT2D eigenvalue weighted by Gasteiger charge is -2.08. The van der Waals surface area contributed by atoms with E-state index in [1.54, 1.807) is 0 Å². The predicted octanol–water partition coefficient (Wildman–Crippen LogP) is 0.859. The first-order valence-corrected chi connectivity index (χ1v) is 6.41. The first-order valence-electron chi connectivity index (χ1n) is 6.41. The summed E-state index contributed by atoms with van der Waals surface area (Å²) in [6, 6.07) is -0.864. The molecule has 0 spiro atoms. The minimum absolute atomic E-state index is 0.249. The maximum absolute atomic E-state index is 11.4. The van der Waals surface area contributed by atoms with E-state index in [4.69, 9.17) is 9.63 Å². The largest absolute Gasteiger partial charge is 0.480 e. The number of aryl methyl sites for hydroxylation is 1. The smallest absolute Gasteiger partial charge is 0.325 e. The highest BCUT2D eigenvalue weighted by Gasteiger charge is 2.28. The number of aromatic nitrogens is 2. The Morgan fingerprint density at radius 3 is 2.89 bits per heavy atom. The van der Waals surface area contributed by atoms with Gasteiger partial charge < -0.3 is 14.9 Å². The summed E-state index contributed by atoms with van der Waals surface area (Å²) in [7, 11) is 0. The van der Waals surface area contributed by atoms with Crippen molar-refractivity contribution in [3.8, 4) is 0 Å². The summed E-state index contributed by atoms with van der Waals surface area (Å²) < 4.78 is 5.08. The second kappa shape index (κ2) is 5.81. The Morgan fingerprint density at radius 2 is 2.26 bits per heavy atom. The molecule has 7 heteroatoms. The van der Waals surface area contributed by atoms with Gasteiger partial charge in [0.25, 0.3) is 0 Å². The van der Waals surface area contributed by atoms with E-state index in [0.717, 1.165) is 18.7 Å². The number of carbonyl (C=O) groups is 2. The van der Waals surface area contributed by atoms with E-state index < -0.39 is 12.0 Å². The topological polar surface area (TPSA) is 105 Å². The van der Waals surface area contributed by atoms with Crippen molar-refractivity contribution in [2.45, 2.75) is 51.0 Å². The molecule has 1 fully saturated rings. The number of hydrogen-bond donors (Lipinski definition) is 2. The molecule has 1 aromatic heterocycles. The van der Waals surface area contributed by atoms with Gasteiger partial charge in [0, 0.05) is 18.8 Å². The Bertz CT molecular complexity index is 467. The van der Waals surface area contributed by atoms with Crippen LogP contribution in [0.5, 0.6) is 0 Å². The molecule has 1 heterocycles. The molecule has 1 aromatic rings. The first kappa shape index (κ1) is 13.5. The van der Waals surface area contributed by atoms with E-state index in [2.05, 4.69) is 15.5 Å². The number of nitrogens with zero attached hydrogens (tertiary/aromatic N) is 2. The molecule has 7 nitrogen and oxygen atoms in total. The van der Waals surface area contributed by atoms with Crippen molar-refractivity contribution in [3.63, 3.8) is 0 Å². The highest BCUT2D eigenvalue weighted by atomic mass is 16.5. The number of rotatable bonds is 7. The number of aliphatic carboxylic acids is 1. The molecule has 19 heavy (non-hydrogen) atoms. The maximum Gasteiger partial charge on any atom is 0.325 e. The number of carboxylic acids is 1. The van der Waals surface area contributed by atoms with E-state index in [0.29, 0.717) is 24.7 Å². The summed E-state index contributed by atoms with van der Waals surface area (Å²) in [5.41, 5.74) is 0. The van der Waals surface area contributed by atoms with Gasteiger partial charge in [0.05, 0.1) is 0 Å². The molecule has 1 amide bonds. The summed E-state index contributed by atoms with van der Waals surface area (Å²) in [5, 5.41) is 14.9. The molecule has 0 aromatic carbocycles. The van der Waals surface area contributed by atoms with E-state index in [9.17, 15) is 9.59 Å². The van der Waals surface area contributed by atoms with Gasteiger partial charge in [0.2, 0.25) is 11.8 Å². The molecule has 1 saturated carbocycles. The lowest BCUT2D eigenvalue weighted by Crippen LogP contribution is -2.38. The second-order valence-corrected chi connectivity index (χ2v) is 4.80. The van der Waals surface area contributed by atoms with Crippen LogP contribution >= 0.6 is 0 Å². The fraction of sp³-hybridized carbons (Fsp3) is 0.667. The highest BCUT2D eigenvalue weighted by Crippen LogP contribution is 2.38. The fourth-order valence-corrected chi connectivity index (χ4v) is 1.65. The second-order valence-electron chi connectivity index (χ2n) is 4.80. The molecule has 0 unspecified atom stereocenters. The van der Waals surface area contributed by atoms with Gasteiger partial charge in [-0.25, -0.2) is 0 Å². The van der Waals surface area contributed by atoms with Crippen LogP contribution in [0.25, 0.3) is 0 Å². The van der Waals surface area contributed by atoms with Gasteiger partial charge in [-0.1, -0.05) is 5.16 Å². The molecular formula is C12H17N3O4. The number of nitrogens with one attached hydrogen (secondary N) is 1. The van der Waals surface area contributed by atoms with E-state index in [-0.39, 0.29) is 12.3 Å². The molecule has 2 N–H and O–H groups in total. The van der Waals surface area contributed by atoms with Gasteiger partial charge in [-0.15, -0.1) is 0 Å². The van der Waals surface area contributed by atoms with Gasteiger partial charge >= 0.3 is 5.97 Å². The van der Waals surface area contributed by atoms with Crippen molar-refractivity contribution in [2.24, 2.45) is 0 Å². The van der Waals surface area contributed by atoms with Crippen LogP contribution in [0.1, 0.15) is 50.2 Å². The minimum Gasteiger partial charge on any atom is -0.480 e. The molecule has 0 bridgehead atoms. The maximum atomic E-state index is 11.4. The van der Waals surface area contributed by atoms with Crippen LogP contribution in [-0.2, 0) is 16.0 Å². The SMILES string of the molecule is C[C@H](NC(=O)CCCc1nc(C2CC2)no1)C(=O)O. The van der Waals surface area contributed by atoms with Crippen molar-refractivity contribution in [1.29, 1.82) is 0 Å². The predicted molar refractivity (Wildman–Crippen MR) is 64.5 cm³/mol. The molecule has 0 aliphatic heterocycles. The van der Waals surface area contributed by atoms with Gasteiger partial charge in [-0.2, -0.15) is 4.98 Å². The van der Waals surface area contributed by atoms with Gasteiger partial charge in [0.1, 0.15) is 6.04 Å². The van der Waals surface area contributed by atoms with Crippen LogP contribution in [0.3, 0.4) is 0 Å². The number of hydrogen-bond acceptors (Lipinski definition) is 5. The van der Waals surface area contributed by atoms with Crippen molar-refractivity contribution < 1.29 is 19.2 Å². The standard InChI is InChI=1S/C12H17N3O4/c1-7(12(17)18)13-9(16)3-2-4-10-14-11(15-19-10)8-5-6-8/h7-8H,2-6H2,1H3,(H,13,16)(H,17,18)/t7-/m0/s1. The zero-order chi connectivity index (χ0) is 13.8. The summed E-state index contributed by atoms with van der Waals surface area (Å²) in [5.74, 6) is 0.438. The lowest BCUT2D eigenvalue weighted by molar-refractivity contribution is -0.141. The third-order valence-corrected chi connectivity index (χ3v) is 2.97. The van der Waals surface area contributed by atoms with Crippen molar-refractivity contribution in [2.75, 3.05) is 0 Å². The van der Waals surface area contributed by atoms with Crippen molar-refractivity contribution in [3.05, 3.63) is 11.7 Å². The van der Waals surface area contributed by atoms with Crippen LogP contribution in [0, 0.1) is 0 Å². The monoisotopic (exact) mass is 267 g/mol. The van der Waals surface area contributed by atoms with Crippen molar-refractivity contribution >= 4 is 11.9 Å². The molecule has 0 radical (unpaired) electrons. The third-order valence-electron chi connectivity index (χ3n) is 2.97. The molecule has 0 saturated heterocycles. The lowest BCUT2D eigenvalue weighted by atomic mass is 10.2. The number of carbonyl (C=O) groups excluding carboxylic acids is 1. The zero-order valence-electron chi connectivity index (χ0n) is 10.8. The van der Waals surface area contributed by atoms with E-state index in [1.165, 1.54) is 6.92 Å². The van der Waals surface area contributed by atoms with E-state index >= 15 is 0 Å². The molecular weight excluding hydrogens is 250 g/mol. The van der Waals surface area contributed by atoms with Gasteiger partial charge in [-0.3, -0.25) is 9.59 Å². The van der Waals surface area contributed by atoms with Crippen LogP contribution in [0.4, 0.5) is 0 Å². The number of amides is 1. The van der Waals surface area contributed by atoms with Crippen LogP contribution < -0.4 is 5.32 Å². The Balaban J connectivity index is 1.67. The average molecular weight is 267 g/mol. The quantitative estimate of drug-likeness (QED) is 0.759. The Hall–Kier alpha value is -1.92. The molecule has 1 aliphatic rings. The third kappa shape index (κ3) is 4.04. The Kier molecular flexibility index (Phi) is 4.13. The van der Waals surface area contributed by atoms with Crippen LogP contribution in [0.15, 0.2) is 4.52 Å². The zero-order valence-corrected chi connectivity index (χ0v) is 10.8. The number of carboxylic acid groups (broad SMARTS) is 1.